The minimum absolute atomic E-state index is 0.0205. The third-order valence-electron chi connectivity index (χ3n) is 6.53. The van der Waals surface area contributed by atoms with Crippen LogP contribution in [0.15, 0.2) is 53.0 Å². The van der Waals surface area contributed by atoms with Gasteiger partial charge >= 0.3 is 0 Å². The van der Waals surface area contributed by atoms with Crippen LogP contribution in [-0.4, -0.2) is 29.3 Å². The number of benzene rings is 1. The van der Waals surface area contributed by atoms with Crippen molar-refractivity contribution in [2.24, 2.45) is 11.3 Å². The summed E-state index contributed by atoms with van der Waals surface area (Å²) < 4.78 is 27.2. The van der Waals surface area contributed by atoms with Crippen molar-refractivity contribution in [1.82, 2.24) is 0 Å². The molecule has 5 atom stereocenters. The summed E-state index contributed by atoms with van der Waals surface area (Å²) in [6, 6.07) is 7.28. The first-order chi connectivity index (χ1) is 13.3. The van der Waals surface area contributed by atoms with Crippen LogP contribution in [0.5, 0.6) is 0 Å². The molecule has 0 saturated heterocycles. The van der Waals surface area contributed by atoms with E-state index in [1.165, 1.54) is 0 Å². The molecule has 28 heavy (non-hydrogen) atoms. The Morgan fingerprint density at radius 1 is 1.25 bits per heavy atom. The number of aliphatic hydroxyl groups excluding tert-OH is 1. The maximum atomic E-state index is 13.4. The van der Waals surface area contributed by atoms with Crippen LogP contribution < -0.4 is 0 Å². The van der Waals surface area contributed by atoms with Gasteiger partial charge in [-0.1, -0.05) is 92.6 Å². The summed E-state index contributed by atoms with van der Waals surface area (Å²) in [6.07, 6.45) is 9.06. The average molecular weight is 514 g/mol. The number of allylic oxidation sites excluding steroid dienone is 3. The lowest BCUT2D eigenvalue weighted by Crippen LogP contribution is -2.42. The average Bonchev–Trinajstić information content (AvgIpc) is 2.75. The van der Waals surface area contributed by atoms with Gasteiger partial charge < -0.3 is 5.11 Å². The van der Waals surface area contributed by atoms with E-state index in [9.17, 15) is 13.5 Å². The number of alkyl halides is 1. The molecule has 1 aromatic rings. The first-order valence-electron chi connectivity index (χ1n) is 10.3. The first-order valence-corrected chi connectivity index (χ1v) is 13.2. The molecule has 1 N–H and O–H groups in total. The van der Waals surface area contributed by atoms with E-state index in [0.717, 1.165) is 30.4 Å². The van der Waals surface area contributed by atoms with Gasteiger partial charge in [0.1, 0.15) is 0 Å². The van der Waals surface area contributed by atoms with Crippen LogP contribution in [0.1, 0.15) is 57.9 Å². The summed E-state index contributed by atoms with van der Waals surface area (Å²) in [7, 11) is -3.47. The van der Waals surface area contributed by atoms with Crippen molar-refractivity contribution in [3.05, 3.63) is 53.6 Å². The van der Waals surface area contributed by atoms with Crippen LogP contribution in [0.2, 0.25) is 0 Å². The van der Waals surface area contributed by atoms with Crippen molar-refractivity contribution in [2.75, 3.05) is 5.75 Å². The van der Waals surface area contributed by atoms with E-state index in [-0.39, 0.29) is 11.7 Å². The Bertz CT molecular complexity index is 874. The number of fused-ring (bicyclic) bond motifs is 1. The molecule has 1 aliphatic heterocycles. The third-order valence-corrected chi connectivity index (χ3v) is 10.1. The van der Waals surface area contributed by atoms with E-state index >= 15 is 0 Å². The van der Waals surface area contributed by atoms with Gasteiger partial charge in [-0.25, -0.2) is 8.42 Å². The van der Waals surface area contributed by atoms with Gasteiger partial charge in [-0.05, 0) is 36.0 Å². The monoisotopic (exact) mass is 514 g/mol. The predicted octanol–water partition coefficient (Wildman–Crippen LogP) is 5.44. The largest absolute Gasteiger partial charge is 0.392 e. The van der Waals surface area contributed by atoms with E-state index < -0.39 is 21.4 Å². The lowest BCUT2D eigenvalue weighted by atomic mass is 9.68. The van der Waals surface area contributed by atoms with Crippen LogP contribution >= 0.6 is 22.6 Å². The van der Waals surface area contributed by atoms with Crippen molar-refractivity contribution in [3.8, 4) is 0 Å². The summed E-state index contributed by atoms with van der Waals surface area (Å²) in [4.78, 5) is 0.393. The maximum absolute atomic E-state index is 13.4. The summed E-state index contributed by atoms with van der Waals surface area (Å²) in [5, 5.41) is 11.7. The van der Waals surface area contributed by atoms with Crippen LogP contribution in [0, 0.1) is 11.3 Å². The number of hydrogen-bond donors (Lipinski definition) is 1. The highest BCUT2D eigenvalue weighted by atomic mass is 127. The number of halogens is 1. The molecule has 0 amide bonds. The minimum Gasteiger partial charge on any atom is -0.392 e. The van der Waals surface area contributed by atoms with E-state index in [4.69, 9.17) is 0 Å². The van der Waals surface area contributed by atoms with Gasteiger partial charge in [0.2, 0.25) is 0 Å². The van der Waals surface area contributed by atoms with E-state index in [1.54, 1.807) is 12.1 Å². The lowest BCUT2D eigenvalue weighted by Gasteiger charge is -2.40. The molecule has 1 heterocycles. The van der Waals surface area contributed by atoms with E-state index in [0.29, 0.717) is 21.2 Å². The van der Waals surface area contributed by atoms with Gasteiger partial charge in [0, 0.05) is 15.3 Å². The molecule has 0 spiro atoms. The predicted molar refractivity (Wildman–Crippen MR) is 124 cm³/mol. The Morgan fingerprint density at radius 3 is 2.61 bits per heavy atom. The smallest absolute Gasteiger partial charge is 0.179 e. The normalized spacial score (nSPS) is 34.4. The zero-order valence-corrected chi connectivity index (χ0v) is 19.9. The van der Waals surface area contributed by atoms with Crippen molar-refractivity contribution < 1.29 is 13.5 Å². The fourth-order valence-electron chi connectivity index (χ4n) is 4.72. The minimum atomic E-state index is -3.47. The van der Waals surface area contributed by atoms with E-state index in [2.05, 4.69) is 54.7 Å². The molecule has 1 aliphatic carbocycles. The molecule has 0 radical (unpaired) electrons. The molecule has 2 aliphatic rings. The van der Waals surface area contributed by atoms with Crippen LogP contribution in [-0.2, 0) is 9.84 Å². The lowest BCUT2D eigenvalue weighted by molar-refractivity contribution is 0.0171. The fraction of sp³-hybridized carbons (Fsp3) is 0.565. The molecule has 1 aromatic carbocycles. The Morgan fingerprint density at radius 2 is 1.96 bits per heavy atom. The van der Waals surface area contributed by atoms with Gasteiger partial charge in [-0.15, -0.1) is 0 Å². The van der Waals surface area contributed by atoms with Crippen molar-refractivity contribution in [2.45, 2.75) is 67.3 Å². The molecular formula is C23H31IO3S. The second-order valence-corrected chi connectivity index (χ2v) is 11.8. The molecular weight excluding hydrogens is 483 g/mol. The van der Waals surface area contributed by atoms with Crippen LogP contribution in [0.3, 0.4) is 0 Å². The van der Waals surface area contributed by atoms with Crippen molar-refractivity contribution in [3.63, 3.8) is 0 Å². The standard InChI is InChI=1S/C23H31IO3S/c1-4-6-13-23(5-2)15-28(26,27)20-10-8-7-9-18(20)21(22(23)25)17-11-12-19(24)16(3)14-17/h7-12,14,16,19,21-22,25H,4-6,13,15H2,1-3H3/t16?,19?,21-,22-,23-/m1/s1. The van der Waals surface area contributed by atoms with Gasteiger partial charge in [0.15, 0.2) is 9.84 Å². The van der Waals surface area contributed by atoms with Crippen molar-refractivity contribution >= 4 is 32.4 Å². The number of rotatable bonds is 5. The Kier molecular flexibility index (Phi) is 6.77. The van der Waals surface area contributed by atoms with Crippen molar-refractivity contribution in [1.29, 1.82) is 0 Å². The first kappa shape index (κ1) is 22.0. The van der Waals surface area contributed by atoms with Gasteiger partial charge in [-0.3, -0.25) is 0 Å². The SMILES string of the molecule is CCCC[C@]1(CC)CS(=O)(=O)c2ccccc2[C@@H](C2=CC(C)C(I)C=C2)[C@H]1O. The third kappa shape index (κ3) is 3.99. The second-order valence-electron chi connectivity index (χ2n) is 8.37. The molecule has 3 rings (SSSR count). The Balaban J connectivity index is 2.22. The highest BCUT2D eigenvalue weighted by molar-refractivity contribution is 14.1. The summed E-state index contributed by atoms with van der Waals surface area (Å²) in [6.45, 7) is 6.31. The van der Waals surface area contributed by atoms with Gasteiger partial charge in [-0.2, -0.15) is 0 Å². The number of unbranched alkanes of at least 4 members (excludes halogenated alkanes) is 1. The number of sulfone groups is 1. The molecule has 0 aromatic heterocycles. The molecule has 2 unspecified atom stereocenters. The van der Waals surface area contributed by atoms with Gasteiger partial charge in [0.25, 0.3) is 0 Å². The highest BCUT2D eigenvalue weighted by Crippen LogP contribution is 2.49. The second kappa shape index (κ2) is 8.60. The topological polar surface area (TPSA) is 54.4 Å². The zero-order chi connectivity index (χ0) is 20.5. The Hall–Kier alpha value is -0.660. The quantitative estimate of drug-likeness (QED) is 0.421. The molecule has 0 fully saturated rings. The summed E-state index contributed by atoms with van der Waals surface area (Å²) in [5.74, 6) is 0.0616. The molecule has 5 heteroatoms. The number of aliphatic hydroxyl groups is 1. The highest BCUT2D eigenvalue weighted by Gasteiger charge is 2.49. The van der Waals surface area contributed by atoms with Crippen LogP contribution in [0.4, 0.5) is 0 Å². The maximum Gasteiger partial charge on any atom is 0.179 e. The Labute approximate surface area is 183 Å². The zero-order valence-electron chi connectivity index (χ0n) is 16.9. The van der Waals surface area contributed by atoms with Crippen LogP contribution in [0.25, 0.3) is 0 Å². The number of hydrogen-bond acceptors (Lipinski definition) is 3. The molecule has 0 saturated carbocycles. The fourth-order valence-corrected chi connectivity index (χ4v) is 7.41. The summed E-state index contributed by atoms with van der Waals surface area (Å²) in [5.41, 5.74) is 1.17. The van der Waals surface area contributed by atoms with E-state index in [1.807, 2.05) is 19.1 Å². The molecule has 3 nitrogen and oxygen atoms in total. The summed E-state index contributed by atoms with van der Waals surface area (Å²) >= 11 is 2.42. The molecule has 0 bridgehead atoms. The van der Waals surface area contributed by atoms with Gasteiger partial charge in [0.05, 0.1) is 16.8 Å². The molecule has 154 valence electrons.